The van der Waals surface area contributed by atoms with Gasteiger partial charge in [0.1, 0.15) is 0 Å². The van der Waals surface area contributed by atoms with E-state index in [4.69, 9.17) is 4.74 Å². The van der Waals surface area contributed by atoms with Crippen molar-refractivity contribution in [2.24, 2.45) is 0 Å². The fourth-order valence-electron chi connectivity index (χ4n) is 2.11. The van der Waals surface area contributed by atoms with E-state index < -0.39 is 0 Å². The molecule has 86 valence electrons. The van der Waals surface area contributed by atoms with Crippen molar-refractivity contribution in [2.75, 3.05) is 16.5 Å². The maximum atomic E-state index is 5.56. The molecule has 0 aromatic rings. The van der Waals surface area contributed by atoms with Crippen LogP contribution in [0.15, 0.2) is 0 Å². The van der Waals surface area contributed by atoms with Gasteiger partial charge in [-0.15, -0.1) is 0 Å². The third-order valence-electron chi connectivity index (χ3n) is 2.90. The summed E-state index contributed by atoms with van der Waals surface area (Å²) in [6.07, 6.45) is 2.77. The first-order valence-corrected chi connectivity index (χ1v) is 9.62. The summed E-state index contributed by atoms with van der Waals surface area (Å²) in [6.45, 7) is 4.68. The number of rotatable bonds is 3. The van der Waals surface area contributed by atoms with E-state index in [-0.39, 0.29) is 26.7 Å². The number of hydrogen-bond donors (Lipinski definition) is 1. The van der Waals surface area contributed by atoms with Crippen LogP contribution in [-0.2, 0) is 4.74 Å². The molecule has 2 unspecified atom stereocenters. The number of hydrogen-bond acceptors (Lipinski definition) is 2. The topological polar surface area (TPSA) is 21.3 Å². The predicted octanol–water partition coefficient (Wildman–Crippen LogP) is -0.986. The van der Waals surface area contributed by atoms with Crippen LogP contribution in [0.4, 0.5) is 0 Å². The molecule has 0 radical (unpaired) electrons. The van der Waals surface area contributed by atoms with Gasteiger partial charge in [0.15, 0.2) is 0 Å². The number of methoxy groups -OCH3 is 1. The van der Waals surface area contributed by atoms with Crippen molar-refractivity contribution in [3.05, 3.63) is 0 Å². The molecule has 1 N–H and O–H groups in total. The van der Waals surface area contributed by atoms with Gasteiger partial charge >= 0.3 is 112 Å². The molecule has 1 aliphatic rings. The molecule has 1 fully saturated rings. The fourth-order valence-corrected chi connectivity index (χ4v) is 4.47. The Morgan fingerprint density at radius 3 is 2.57 bits per heavy atom. The van der Waals surface area contributed by atoms with Crippen LogP contribution in [0.2, 0.25) is 0 Å². The number of halogens is 2. The van der Waals surface area contributed by atoms with Crippen molar-refractivity contribution < 1.29 is 25.9 Å². The SMILES string of the molecule is COC1CC(C)([I-]C)N[C@@](C)(CI)C1. The van der Waals surface area contributed by atoms with Gasteiger partial charge in [-0.25, -0.2) is 0 Å². The van der Waals surface area contributed by atoms with Crippen molar-refractivity contribution in [3.63, 3.8) is 0 Å². The van der Waals surface area contributed by atoms with Crippen LogP contribution in [0, 0.1) is 0 Å². The number of alkyl halides is 3. The summed E-state index contributed by atoms with van der Waals surface area (Å²) in [7, 11) is 1.85. The molecule has 14 heavy (non-hydrogen) atoms. The number of piperidine rings is 1. The van der Waals surface area contributed by atoms with E-state index >= 15 is 0 Å². The first kappa shape index (κ1) is 13.4. The van der Waals surface area contributed by atoms with Gasteiger partial charge in [0.25, 0.3) is 0 Å². The van der Waals surface area contributed by atoms with Crippen LogP contribution < -0.4 is 26.5 Å². The zero-order valence-corrected chi connectivity index (χ0v) is 13.7. The molecule has 1 rings (SSSR count). The average Bonchev–Trinajstić information content (AvgIpc) is 2.17. The van der Waals surface area contributed by atoms with Crippen molar-refractivity contribution in [3.8, 4) is 0 Å². The Morgan fingerprint density at radius 2 is 2.14 bits per heavy atom. The third-order valence-corrected chi connectivity index (χ3v) is 7.67. The molecule has 0 spiro atoms. The maximum absolute atomic E-state index is 5.56. The Balaban J connectivity index is 2.76. The first-order valence-electron chi connectivity index (χ1n) is 4.86. The summed E-state index contributed by atoms with van der Waals surface area (Å²) in [6, 6.07) is 0. The van der Waals surface area contributed by atoms with Crippen molar-refractivity contribution in [1.82, 2.24) is 5.32 Å². The molecule has 4 heteroatoms. The summed E-state index contributed by atoms with van der Waals surface area (Å²) < 4.78 is 7.08. The molecule has 1 heterocycles. The van der Waals surface area contributed by atoms with E-state index in [0.717, 1.165) is 10.8 Å². The Kier molecular flexibility index (Phi) is 4.94. The van der Waals surface area contributed by atoms with Crippen LogP contribution in [-0.4, -0.2) is 31.7 Å². The first-order chi connectivity index (χ1) is 6.47. The van der Waals surface area contributed by atoms with Crippen LogP contribution in [0.3, 0.4) is 0 Å². The summed E-state index contributed by atoms with van der Waals surface area (Å²) in [5.41, 5.74) is 0.268. The molecule has 1 aliphatic heterocycles. The molecule has 1 saturated heterocycles. The van der Waals surface area contributed by atoms with Crippen molar-refractivity contribution >= 4 is 22.6 Å². The van der Waals surface area contributed by atoms with E-state index in [1.165, 1.54) is 6.42 Å². The summed E-state index contributed by atoms with van der Waals surface area (Å²) in [4.78, 5) is 2.36. The second kappa shape index (κ2) is 5.14. The Bertz CT molecular complexity index is 185. The van der Waals surface area contributed by atoms with Gasteiger partial charge in [-0.2, -0.15) is 0 Å². The molecular formula is C10H20I2NO-. The van der Waals surface area contributed by atoms with E-state index in [9.17, 15) is 0 Å². The minimum absolute atomic E-state index is 0.209. The van der Waals surface area contributed by atoms with Crippen LogP contribution in [0.1, 0.15) is 26.7 Å². The van der Waals surface area contributed by atoms with Gasteiger partial charge in [-0.3, -0.25) is 0 Å². The predicted molar refractivity (Wildman–Crippen MR) is 64.8 cm³/mol. The summed E-state index contributed by atoms with van der Waals surface area (Å²) in [5.74, 6) is 0. The number of ether oxygens (including phenoxy) is 1. The summed E-state index contributed by atoms with van der Waals surface area (Å²) in [5, 5.41) is 3.83. The average molecular weight is 424 g/mol. The normalized spacial score (nSPS) is 44.2. The third kappa shape index (κ3) is 3.18. The second-order valence-electron chi connectivity index (χ2n) is 4.47. The van der Waals surface area contributed by atoms with E-state index in [1.54, 1.807) is 0 Å². The molecule has 0 aliphatic carbocycles. The Labute approximate surface area is 111 Å². The molecule has 3 atom stereocenters. The second-order valence-corrected chi connectivity index (χ2v) is 8.69. The fraction of sp³-hybridized carbons (Fsp3) is 1.00. The molecule has 0 aromatic carbocycles. The van der Waals surface area contributed by atoms with Crippen LogP contribution in [0.25, 0.3) is 0 Å². The van der Waals surface area contributed by atoms with Gasteiger partial charge in [-0.1, -0.05) is 0 Å². The molecule has 0 amide bonds. The van der Waals surface area contributed by atoms with Gasteiger partial charge in [-0.05, 0) is 0 Å². The number of nitrogens with one attached hydrogen (secondary N) is 1. The molecular weight excluding hydrogens is 404 g/mol. The molecule has 0 saturated carbocycles. The Morgan fingerprint density at radius 1 is 1.50 bits per heavy atom. The van der Waals surface area contributed by atoms with E-state index in [1.807, 2.05) is 7.11 Å². The Hall–Kier alpha value is 1.38. The van der Waals surface area contributed by atoms with Gasteiger partial charge in [0.2, 0.25) is 0 Å². The molecule has 0 aromatic heterocycles. The standard InChI is InChI=1S/C10H20I2NO/c1-9(7-11)5-8(14-4)6-10(2,12-3)13-9/h8,13H,5-7H2,1-4H3/q-1/t8?,9-,10?/m1/s1. The van der Waals surface area contributed by atoms with Crippen molar-refractivity contribution in [2.45, 2.75) is 41.9 Å². The summed E-state index contributed by atoms with van der Waals surface area (Å²) >= 11 is 2.69. The van der Waals surface area contributed by atoms with E-state index in [2.05, 4.69) is 46.7 Å². The van der Waals surface area contributed by atoms with Crippen LogP contribution in [0.5, 0.6) is 0 Å². The van der Waals surface area contributed by atoms with Crippen molar-refractivity contribution in [1.29, 1.82) is 0 Å². The quantitative estimate of drug-likeness (QED) is 0.357. The van der Waals surface area contributed by atoms with E-state index in [0.29, 0.717) is 9.65 Å². The van der Waals surface area contributed by atoms with Crippen LogP contribution >= 0.6 is 22.6 Å². The van der Waals surface area contributed by atoms with Gasteiger partial charge in [0.05, 0.1) is 0 Å². The van der Waals surface area contributed by atoms with Gasteiger partial charge < -0.3 is 0 Å². The zero-order valence-electron chi connectivity index (χ0n) is 9.36. The van der Waals surface area contributed by atoms with Gasteiger partial charge in [0, 0.05) is 0 Å². The molecule has 0 bridgehead atoms. The minimum atomic E-state index is 0.209. The zero-order chi connectivity index (χ0) is 10.8. The molecule has 2 nitrogen and oxygen atoms in total. The monoisotopic (exact) mass is 424 g/mol.